The molecule has 0 saturated carbocycles. The SMILES string of the molecule is CNCc1nn(Cc2ccc(Br)cc2F)c2ccccc12. The highest BCUT2D eigenvalue weighted by molar-refractivity contribution is 9.10. The number of benzene rings is 2. The fourth-order valence-electron chi connectivity index (χ4n) is 2.43. The largest absolute Gasteiger partial charge is 0.314 e. The van der Waals surface area contributed by atoms with Crippen LogP contribution in [-0.4, -0.2) is 16.8 Å². The van der Waals surface area contributed by atoms with E-state index in [1.807, 2.05) is 42.1 Å². The van der Waals surface area contributed by atoms with Crippen LogP contribution in [0, 0.1) is 5.82 Å². The summed E-state index contributed by atoms with van der Waals surface area (Å²) in [5.41, 5.74) is 2.62. The van der Waals surface area contributed by atoms with Crippen LogP contribution in [0.4, 0.5) is 4.39 Å². The number of nitrogens with zero attached hydrogens (tertiary/aromatic N) is 2. The number of halogens is 2. The van der Waals surface area contributed by atoms with Gasteiger partial charge in [-0.3, -0.25) is 4.68 Å². The van der Waals surface area contributed by atoms with Crippen LogP contribution in [0.5, 0.6) is 0 Å². The molecule has 3 rings (SSSR count). The van der Waals surface area contributed by atoms with Crippen LogP contribution in [0.1, 0.15) is 11.3 Å². The molecule has 21 heavy (non-hydrogen) atoms. The predicted octanol–water partition coefficient (Wildman–Crippen LogP) is 3.71. The van der Waals surface area contributed by atoms with Crippen molar-refractivity contribution in [2.75, 3.05) is 7.05 Å². The number of nitrogens with one attached hydrogen (secondary N) is 1. The molecule has 1 aromatic heterocycles. The summed E-state index contributed by atoms with van der Waals surface area (Å²) in [6.07, 6.45) is 0. The van der Waals surface area contributed by atoms with E-state index in [9.17, 15) is 4.39 Å². The summed E-state index contributed by atoms with van der Waals surface area (Å²) in [7, 11) is 1.89. The molecule has 3 aromatic rings. The lowest BCUT2D eigenvalue weighted by Crippen LogP contribution is -2.08. The summed E-state index contributed by atoms with van der Waals surface area (Å²) in [5, 5.41) is 8.83. The molecule has 0 aliphatic heterocycles. The zero-order chi connectivity index (χ0) is 14.8. The van der Waals surface area contributed by atoms with Crippen molar-refractivity contribution in [3.8, 4) is 0 Å². The molecule has 0 bridgehead atoms. The minimum atomic E-state index is -0.223. The molecule has 1 N–H and O–H groups in total. The Morgan fingerprint density at radius 2 is 2.05 bits per heavy atom. The van der Waals surface area contributed by atoms with Crippen LogP contribution in [0.2, 0.25) is 0 Å². The first-order valence-corrected chi connectivity index (χ1v) is 7.51. The van der Waals surface area contributed by atoms with Gasteiger partial charge in [0.2, 0.25) is 0 Å². The van der Waals surface area contributed by atoms with Crippen molar-refractivity contribution in [1.29, 1.82) is 0 Å². The molecular weight excluding hydrogens is 333 g/mol. The summed E-state index contributed by atoms with van der Waals surface area (Å²) in [6, 6.07) is 13.1. The van der Waals surface area contributed by atoms with Crippen LogP contribution in [0.3, 0.4) is 0 Å². The first kappa shape index (κ1) is 14.2. The second-order valence-electron chi connectivity index (χ2n) is 4.89. The molecule has 0 radical (unpaired) electrons. The third-order valence-electron chi connectivity index (χ3n) is 3.41. The fourth-order valence-corrected chi connectivity index (χ4v) is 2.76. The third kappa shape index (κ3) is 2.84. The summed E-state index contributed by atoms with van der Waals surface area (Å²) >= 11 is 3.28. The molecule has 0 aliphatic rings. The lowest BCUT2D eigenvalue weighted by atomic mass is 10.2. The molecule has 0 spiro atoms. The van der Waals surface area contributed by atoms with E-state index < -0.39 is 0 Å². The van der Waals surface area contributed by atoms with Gasteiger partial charge in [0.05, 0.1) is 17.8 Å². The Balaban J connectivity index is 2.04. The highest BCUT2D eigenvalue weighted by atomic mass is 79.9. The van der Waals surface area contributed by atoms with E-state index in [1.54, 1.807) is 6.07 Å². The molecule has 108 valence electrons. The second kappa shape index (κ2) is 5.95. The summed E-state index contributed by atoms with van der Waals surface area (Å²) in [4.78, 5) is 0. The van der Waals surface area contributed by atoms with Gasteiger partial charge in [0.15, 0.2) is 0 Å². The zero-order valence-electron chi connectivity index (χ0n) is 11.6. The van der Waals surface area contributed by atoms with Crippen molar-refractivity contribution in [1.82, 2.24) is 15.1 Å². The van der Waals surface area contributed by atoms with Crippen molar-refractivity contribution in [3.05, 3.63) is 64.0 Å². The van der Waals surface area contributed by atoms with E-state index in [1.165, 1.54) is 6.07 Å². The van der Waals surface area contributed by atoms with E-state index in [0.29, 0.717) is 18.7 Å². The van der Waals surface area contributed by atoms with Gasteiger partial charge in [-0.05, 0) is 25.2 Å². The van der Waals surface area contributed by atoms with Gasteiger partial charge in [-0.2, -0.15) is 5.10 Å². The smallest absolute Gasteiger partial charge is 0.129 e. The Labute approximate surface area is 130 Å². The molecule has 0 atom stereocenters. The standard InChI is InChI=1S/C16H15BrFN3/c1-19-9-15-13-4-2-3-5-16(13)21(20-15)10-11-6-7-12(17)8-14(11)18/h2-8,19H,9-10H2,1H3. The quantitative estimate of drug-likeness (QED) is 0.779. The number of fused-ring (bicyclic) bond motifs is 1. The van der Waals surface area contributed by atoms with Crippen molar-refractivity contribution in [3.63, 3.8) is 0 Å². The minimum Gasteiger partial charge on any atom is -0.314 e. The number of aromatic nitrogens is 2. The molecule has 0 aliphatic carbocycles. The monoisotopic (exact) mass is 347 g/mol. The number of rotatable bonds is 4. The Morgan fingerprint density at radius 1 is 1.24 bits per heavy atom. The number of para-hydroxylation sites is 1. The van der Waals surface area contributed by atoms with Gasteiger partial charge < -0.3 is 5.32 Å². The molecule has 2 aromatic carbocycles. The molecule has 0 saturated heterocycles. The molecule has 3 nitrogen and oxygen atoms in total. The fraction of sp³-hybridized carbons (Fsp3) is 0.188. The van der Waals surface area contributed by atoms with Gasteiger partial charge in [-0.25, -0.2) is 4.39 Å². The van der Waals surface area contributed by atoms with Crippen molar-refractivity contribution < 1.29 is 4.39 Å². The lowest BCUT2D eigenvalue weighted by molar-refractivity contribution is 0.586. The Hall–Kier alpha value is -1.72. The van der Waals surface area contributed by atoms with Crippen LogP contribution in [-0.2, 0) is 13.1 Å². The maximum absolute atomic E-state index is 14.0. The van der Waals surface area contributed by atoms with E-state index >= 15 is 0 Å². The minimum absolute atomic E-state index is 0.223. The maximum Gasteiger partial charge on any atom is 0.129 e. The lowest BCUT2D eigenvalue weighted by Gasteiger charge is -2.05. The van der Waals surface area contributed by atoms with Gasteiger partial charge in [0.1, 0.15) is 5.82 Å². The first-order chi connectivity index (χ1) is 10.2. The highest BCUT2D eigenvalue weighted by Crippen LogP contribution is 2.21. The van der Waals surface area contributed by atoms with Gasteiger partial charge in [0.25, 0.3) is 0 Å². The van der Waals surface area contributed by atoms with Crippen LogP contribution in [0.25, 0.3) is 10.9 Å². The molecule has 1 heterocycles. The van der Waals surface area contributed by atoms with Gasteiger partial charge in [-0.15, -0.1) is 0 Å². The average molecular weight is 348 g/mol. The summed E-state index contributed by atoms with van der Waals surface area (Å²) < 4.78 is 16.6. The van der Waals surface area contributed by atoms with Crippen LogP contribution < -0.4 is 5.32 Å². The Bertz CT molecular complexity index is 782. The maximum atomic E-state index is 14.0. The molecule has 0 unspecified atom stereocenters. The Morgan fingerprint density at radius 3 is 2.81 bits per heavy atom. The topological polar surface area (TPSA) is 29.9 Å². The third-order valence-corrected chi connectivity index (χ3v) is 3.91. The second-order valence-corrected chi connectivity index (χ2v) is 5.80. The van der Waals surface area contributed by atoms with Gasteiger partial charge in [-0.1, -0.05) is 40.2 Å². The van der Waals surface area contributed by atoms with Crippen LogP contribution in [0.15, 0.2) is 46.9 Å². The van der Waals surface area contributed by atoms with Gasteiger partial charge in [0, 0.05) is 22.0 Å². The van der Waals surface area contributed by atoms with E-state index in [0.717, 1.165) is 21.1 Å². The predicted molar refractivity (Wildman–Crippen MR) is 85.7 cm³/mol. The average Bonchev–Trinajstić information content (AvgIpc) is 2.81. The van der Waals surface area contributed by atoms with E-state index in [-0.39, 0.29) is 5.82 Å². The van der Waals surface area contributed by atoms with Crippen molar-refractivity contribution in [2.45, 2.75) is 13.1 Å². The van der Waals surface area contributed by atoms with Crippen LogP contribution >= 0.6 is 15.9 Å². The summed E-state index contributed by atoms with van der Waals surface area (Å²) in [6.45, 7) is 1.11. The van der Waals surface area contributed by atoms with Crippen molar-refractivity contribution >= 4 is 26.8 Å². The van der Waals surface area contributed by atoms with E-state index in [2.05, 4.69) is 26.3 Å². The highest BCUT2D eigenvalue weighted by Gasteiger charge is 2.11. The Kier molecular flexibility index (Phi) is 4.03. The zero-order valence-corrected chi connectivity index (χ0v) is 13.2. The molecular formula is C16H15BrFN3. The van der Waals surface area contributed by atoms with Crippen molar-refractivity contribution in [2.24, 2.45) is 0 Å². The normalized spacial score (nSPS) is 11.2. The van der Waals surface area contributed by atoms with Gasteiger partial charge >= 0.3 is 0 Å². The molecule has 0 fully saturated rings. The number of hydrogen-bond acceptors (Lipinski definition) is 2. The molecule has 5 heteroatoms. The number of hydrogen-bond donors (Lipinski definition) is 1. The summed E-state index contributed by atoms with van der Waals surface area (Å²) in [5.74, 6) is -0.223. The van der Waals surface area contributed by atoms with E-state index in [4.69, 9.17) is 0 Å². The molecule has 0 amide bonds. The first-order valence-electron chi connectivity index (χ1n) is 6.72.